The van der Waals surface area contributed by atoms with Crippen LogP contribution in [0.2, 0.25) is 0 Å². The molecule has 15 heteroatoms. The van der Waals surface area contributed by atoms with Gasteiger partial charge in [0.15, 0.2) is 0 Å². The quantitative estimate of drug-likeness (QED) is 0.180. The standard InChI is InChI=1S/C14H10O9S3.3K/c15-24(16,17)12-7-10-5-8-3-1-2-4-9(8)6-11(10)13(25(18,19)20)14(12)26(21,22)23;;;/h1-7H,(H,15,16,17)(H,18,19,20)(H,21,22,23);;;/q;3*+1/p-3. The van der Waals surface area contributed by atoms with Crippen molar-refractivity contribution in [3.8, 4) is 0 Å². The van der Waals surface area contributed by atoms with Crippen molar-refractivity contribution in [2.45, 2.75) is 14.7 Å². The van der Waals surface area contributed by atoms with E-state index >= 15 is 0 Å². The van der Waals surface area contributed by atoms with Crippen molar-refractivity contribution in [3.05, 3.63) is 42.5 Å². The van der Waals surface area contributed by atoms with E-state index in [9.17, 15) is 38.9 Å². The average molecular weight is 533 g/mol. The number of hydrogen-bond donors (Lipinski definition) is 0. The fraction of sp³-hybridized carbons (Fsp3) is 0. The van der Waals surface area contributed by atoms with Crippen LogP contribution in [0.4, 0.5) is 0 Å². The zero-order valence-electron chi connectivity index (χ0n) is 15.4. The van der Waals surface area contributed by atoms with Gasteiger partial charge in [-0.25, -0.2) is 25.3 Å². The van der Waals surface area contributed by atoms with Gasteiger partial charge in [-0.05, 0) is 34.4 Å². The van der Waals surface area contributed by atoms with Crippen molar-refractivity contribution in [3.63, 3.8) is 0 Å². The molecule has 0 aromatic heterocycles. The normalized spacial score (nSPS) is 12.0. The van der Waals surface area contributed by atoms with E-state index in [1.165, 1.54) is 12.1 Å². The van der Waals surface area contributed by atoms with E-state index in [0.29, 0.717) is 16.8 Å². The van der Waals surface area contributed by atoms with Crippen LogP contribution in [0.1, 0.15) is 0 Å². The van der Waals surface area contributed by atoms with E-state index in [1.807, 2.05) is 0 Å². The molecule has 0 aliphatic carbocycles. The van der Waals surface area contributed by atoms with Crippen LogP contribution in [0.25, 0.3) is 21.5 Å². The fourth-order valence-corrected chi connectivity index (χ4v) is 6.00. The summed E-state index contributed by atoms with van der Waals surface area (Å²) in [5.41, 5.74) is 0. The maximum absolute atomic E-state index is 11.7. The first-order valence-electron chi connectivity index (χ1n) is 6.67. The predicted octanol–water partition coefficient (Wildman–Crippen LogP) is -8.28. The van der Waals surface area contributed by atoms with Gasteiger partial charge in [-0.3, -0.25) is 0 Å². The monoisotopic (exact) mass is 532 g/mol. The molecule has 0 spiro atoms. The Balaban J connectivity index is 0.00000261. The van der Waals surface area contributed by atoms with Crippen LogP contribution >= 0.6 is 0 Å². The van der Waals surface area contributed by atoms with Gasteiger partial charge in [0.25, 0.3) is 0 Å². The van der Waals surface area contributed by atoms with Crippen LogP contribution in [-0.4, -0.2) is 38.9 Å². The van der Waals surface area contributed by atoms with Crippen molar-refractivity contribution < 1.29 is 193 Å². The largest absolute Gasteiger partial charge is 1.00 e. The van der Waals surface area contributed by atoms with Gasteiger partial charge in [-0.15, -0.1) is 0 Å². The number of fused-ring (bicyclic) bond motifs is 2. The van der Waals surface area contributed by atoms with Crippen LogP contribution < -0.4 is 154 Å². The maximum atomic E-state index is 11.7. The topological polar surface area (TPSA) is 172 Å². The molecule has 3 aromatic rings. The van der Waals surface area contributed by atoms with E-state index in [2.05, 4.69) is 0 Å². The molecule has 0 atom stereocenters. The Kier molecular flexibility index (Phi) is 12.6. The summed E-state index contributed by atoms with van der Waals surface area (Å²) in [7, 11) is -17.0. The molecule has 3 rings (SSSR count). The minimum Gasteiger partial charge on any atom is -0.744 e. The Hall–Kier alpha value is 2.82. The Morgan fingerprint density at radius 2 is 1.00 bits per heavy atom. The summed E-state index contributed by atoms with van der Waals surface area (Å²) in [6.45, 7) is 0. The molecule has 0 aliphatic rings. The third kappa shape index (κ3) is 7.15. The Morgan fingerprint density at radius 3 is 1.41 bits per heavy atom. The molecule has 3 aromatic carbocycles. The molecule has 0 amide bonds. The molecule has 0 unspecified atom stereocenters. The summed E-state index contributed by atoms with van der Waals surface area (Å²) in [4.78, 5) is -4.99. The summed E-state index contributed by atoms with van der Waals surface area (Å²) in [6.07, 6.45) is 0. The molecule has 0 fully saturated rings. The second-order valence-electron chi connectivity index (χ2n) is 5.32. The van der Waals surface area contributed by atoms with Gasteiger partial charge in [0.05, 0.1) is 14.7 Å². The summed E-state index contributed by atoms with van der Waals surface area (Å²) < 4.78 is 104. The van der Waals surface area contributed by atoms with Crippen LogP contribution in [0, 0.1) is 0 Å². The Labute approximate surface area is 294 Å². The zero-order chi connectivity index (χ0) is 19.5. The van der Waals surface area contributed by atoms with Crippen molar-refractivity contribution in [2.75, 3.05) is 0 Å². The van der Waals surface area contributed by atoms with Gasteiger partial charge in [0.2, 0.25) is 0 Å². The maximum Gasteiger partial charge on any atom is 1.00 e. The molecular weight excluding hydrogens is 526 g/mol. The summed E-state index contributed by atoms with van der Waals surface area (Å²) in [5.74, 6) is 0. The average Bonchev–Trinajstić information content (AvgIpc) is 2.48. The first-order valence-corrected chi connectivity index (χ1v) is 10.9. The van der Waals surface area contributed by atoms with Crippen molar-refractivity contribution in [2.24, 2.45) is 0 Å². The third-order valence-electron chi connectivity index (χ3n) is 3.65. The van der Waals surface area contributed by atoms with Crippen molar-refractivity contribution in [1.82, 2.24) is 0 Å². The van der Waals surface area contributed by atoms with Gasteiger partial charge in [-0.2, -0.15) is 0 Å². The SMILES string of the molecule is O=S(=O)([O-])c1cc2cc3ccccc3cc2c(S(=O)(=O)[O-])c1S(=O)(=O)[O-].[K+].[K+].[K+]. The Morgan fingerprint density at radius 1 is 0.552 bits per heavy atom. The summed E-state index contributed by atoms with van der Waals surface area (Å²) in [6, 6.07) is 9.30. The minimum atomic E-state index is -5.78. The number of hydrogen-bond acceptors (Lipinski definition) is 9. The van der Waals surface area contributed by atoms with E-state index in [-0.39, 0.29) is 160 Å². The molecule has 138 valence electrons. The molecule has 0 heterocycles. The molecule has 0 bridgehead atoms. The molecule has 0 saturated carbocycles. The van der Waals surface area contributed by atoms with Gasteiger partial charge in [-0.1, -0.05) is 24.3 Å². The van der Waals surface area contributed by atoms with E-state index in [0.717, 1.165) is 6.07 Å². The van der Waals surface area contributed by atoms with Crippen LogP contribution in [0.15, 0.2) is 57.2 Å². The smallest absolute Gasteiger partial charge is 0.744 e. The van der Waals surface area contributed by atoms with Crippen LogP contribution in [-0.2, 0) is 30.4 Å². The predicted molar refractivity (Wildman–Crippen MR) is 85.3 cm³/mol. The first kappa shape index (κ1) is 31.8. The summed E-state index contributed by atoms with van der Waals surface area (Å²) in [5, 5.41) is 0.235. The van der Waals surface area contributed by atoms with E-state index in [4.69, 9.17) is 0 Å². The second kappa shape index (κ2) is 11.5. The molecule has 0 saturated heterocycles. The molecule has 29 heavy (non-hydrogen) atoms. The zero-order valence-corrected chi connectivity index (χ0v) is 27.3. The molecule has 9 nitrogen and oxygen atoms in total. The van der Waals surface area contributed by atoms with Gasteiger partial charge in [0, 0.05) is 5.39 Å². The molecule has 0 radical (unpaired) electrons. The van der Waals surface area contributed by atoms with Crippen molar-refractivity contribution >= 4 is 51.9 Å². The first-order chi connectivity index (χ1) is 11.8. The molecule has 0 N–H and O–H groups in total. The fourth-order valence-electron chi connectivity index (χ4n) is 2.69. The van der Waals surface area contributed by atoms with Crippen LogP contribution in [0.3, 0.4) is 0 Å². The van der Waals surface area contributed by atoms with E-state index in [1.54, 1.807) is 18.2 Å². The Bertz CT molecular complexity index is 1400. The van der Waals surface area contributed by atoms with Gasteiger partial charge < -0.3 is 13.7 Å². The van der Waals surface area contributed by atoms with Crippen LogP contribution in [0.5, 0.6) is 0 Å². The third-order valence-corrected chi connectivity index (χ3v) is 6.62. The van der Waals surface area contributed by atoms with Crippen molar-refractivity contribution in [1.29, 1.82) is 0 Å². The van der Waals surface area contributed by atoms with Gasteiger partial charge in [0.1, 0.15) is 30.4 Å². The molecule has 0 aliphatic heterocycles. The van der Waals surface area contributed by atoms with E-state index < -0.39 is 50.4 Å². The molecular formula is C14H7K3O9S3. The number of rotatable bonds is 3. The minimum absolute atomic E-state index is 0. The second-order valence-corrected chi connectivity index (χ2v) is 9.30. The summed E-state index contributed by atoms with van der Waals surface area (Å²) >= 11 is 0. The van der Waals surface area contributed by atoms with Gasteiger partial charge >= 0.3 is 154 Å². The number of benzene rings is 3.